The molecule has 0 rings (SSSR count). The van der Waals surface area contributed by atoms with Crippen molar-refractivity contribution in [1.29, 1.82) is 0 Å². The first-order valence-corrected chi connectivity index (χ1v) is 4.24. The zero-order chi connectivity index (χ0) is 10.8. The van der Waals surface area contributed by atoms with Crippen LogP contribution in [-0.4, -0.2) is 22.3 Å². The second-order valence-corrected chi connectivity index (χ2v) is 4.47. The number of carboxylic acids is 1. The summed E-state index contributed by atoms with van der Waals surface area (Å²) in [5.74, 6) is -1.89. The third-order valence-electron chi connectivity index (χ3n) is 2.00. The van der Waals surface area contributed by atoms with Crippen molar-refractivity contribution in [3.63, 3.8) is 0 Å². The molecule has 0 aliphatic heterocycles. The minimum absolute atomic E-state index is 0.442. The zero-order valence-corrected chi connectivity index (χ0v) is 8.66. The molecule has 13 heavy (non-hydrogen) atoms. The molecule has 0 spiro atoms. The van der Waals surface area contributed by atoms with Gasteiger partial charge < -0.3 is 10.2 Å². The van der Waals surface area contributed by atoms with Gasteiger partial charge in [0.1, 0.15) is 5.92 Å². The van der Waals surface area contributed by atoms with E-state index in [1.165, 1.54) is 0 Å². The maximum atomic E-state index is 10.8. The molecule has 0 aromatic heterocycles. The van der Waals surface area contributed by atoms with Crippen LogP contribution < -0.4 is 0 Å². The second kappa shape index (κ2) is 3.92. The molecule has 0 saturated carbocycles. The number of carbonyl (C=O) groups is 1. The Morgan fingerprint density at radius 2 is 1.77 bits per heavy atom. The van der Waals surface area contributed by atoms with Gasteiger partial charge in [-0.2, -0.15) is 0 Å². The zero-order valence-electron chi connectivity index (χ0n) is 8.66. The van der Waals surface area contributed by atoms with Crippen LogP contribution >= 0.6 is 0 Å². The Morgan fingerprint density at radius 1 is 1.38 bits per heavy atom. The number of hydrogen-bond donors (Lipinski definition) is 2. The van der Waals surface area contributed by atoms with Gasteiger partial charge >= 0.3 is 5.97 Å². The molecule has 0 saturated heterocycles. The van der Waals surface area contributed by atoms with E-state index in [0.29, 0.717) is 5.57 Å². The first-order chi connectivity index (χ1) is 5.68. The van der Waals surface area contributed by atoms with Gasteiger partial charge in [-0.25, -0.2) is 0 Å². The minimum atomic E-state index is -1.02. The lowest BCUT2D eigenvalue weighted by Crippen LogP contribution is -2.38. The molecule has 76 valence electrons. The Kier molecular flexibility index (Phi) is 3.67. The standard InChI is InChI=1S/C10H18O3/c1-6(2)7(9(12)13)8(11)10(3,4)5/h7-8,11H,1H2,2-5H3,(H,12,13)/t7-,8-/m1/s1. The number of aliphatic hydroxyl groups excluding tert-OH is 1. The summed E-state index contributed by atoms with van der Waals surface area (Å²) in [6.07, 6.45) is -0.900. The van der Waals surface area contributed by atoms with E-state index in [1.807, 2.05) is 0 Å². The molecule has 0 fully saturated rings. The van der Waals surface area contributed by atoms with Gasteiger partial charge in [0.25, 0.3) is 0 Å². The van der Waals surface area contributed by atoms with E-state index in [0.717, 1.165) is 0 Å². The summed E-state index contributed by atoms with van der Waals surface area (Å²) in [5.41, 5.74) is 0.0390. The highest BCUT2D eigenvalue weighted by Gasteiger charge is 2.35. The Balaban J connectivity index is 4.77. The van der Waals surface area contributed by atoms with E-state index < -0.39 is 23.4 Å². The van der Waals surface area contributed by atoms with E-state index in [2.05, 4.69) is 6.58 Å². The van der Waals surface area contributed by atoms with Crippen LogP contribution in [0.25, 0.3) is 0 Å². The van der Waals surface area contributed by atoms with Crippen molar-refractivity contribution < 1.29 is 15.0 Å². The summed E-state index contributed by atoms with van der Waals surface area (Å²) in [5, 5.41) is 18.6. The van der Waals surface area contributed by atoms with Crippen LogP contribution in [0.1, 0.15) is 27.7 Å². The molecule has 0 aliphatic carbocycles. The Labute approximate surface area is 79.1 Å². The van der Waals surface area contributed by atoms with Crippen LogP contribution in [0.15, 0.2) is 12.2 Å². The van der Waals surface area contributed by atoms with Gasteiger partial charge in [-0.15, -0.1) is 0 Å². The molecule has 2 N–H and O–H groups in total. The third kappa shape index (κ3) is 3.19. The summed E-state index contributed by atoms with van der Waals surface area (Å²) in [6, 6.07) is 0. The molecule has 2 atom stereocenters. The predicted molar refractivity (Wildman–Crippen MR) is 51.4 cm³/mol. The van der Waals surface area contributed by atoms with E-state index in [1.54, 1.807) is 27.7 Å². The fraction of sp³-hybridized carbons (Fsp3) is 0.700. The highest BCUT2D eigenvalue weighted by Crippen LogP contribution is 2.28. The maximum absolute atomic E-state index is 10.8. The largest absolute Gasteiger partial charge is 0.481 e. The Morgan fingerprint density at radius 3 is 1.85 bits per heavy atom. The van der Waals surface area contributed by atoms with Crippen LogP contribution in [0.4, 0.5) is 0 Å². The molecule has 0 radical (unpaired) electrons. The van der Waals surface area contributed by atoms with Crippen LogP contribution in [0.3, 0.4) is 0 Å². The van der Waals surface area contributed by atoms with Crippen molar-refractivity contribution in [1.82, 2.24) is 0 Å². The van der Waals surface area contributed by atoms with Gasteiger partial charge in [0.05, 0.1) is 6.10 Å². The smallest absolute Gasteiger partial charge is 0.313 e. The van der Waals surface area contributed by atoms with Gasteiger partial charge in [-0.3, -0.25) is 4.79 Å². The van der Waals surface area contributed by atoms with E-state index in [9.17, 15) is 9.90 Å². The molecule has 0 unspecified atom stereocenters. The molecule has 0 amide bonds. The summed E-state index contributed by atoms with van der Waals surface area (Å²) < 4.78 is 0. The topological polar surface area (TPSA) is 57.5 Å². The van der Waals surface area contributed by atoms with Crippen molar-refractivity contribution in [3.8, 4) is 0 Å². The monoisotopic (exact) mass is 186 g/mol. The number of rotatable bonds is 3. The predicted octanol–water partition coefficient (Wildman–Crippen LogP) is 1.67. The second-order valence-electron chi connectivity index (χ2n) is 4.47. The normalized spacial score (nSPS) is 16.4. The number of carboxylic acid groups (broad SMARTS) is 1. The van der Waals surface area contributed by atoms with Crippen LogP contribution in [-0.2, 0) is 4.79 Å². The van der Waals surface area contributed by atoms with Crippen molar-refractivity contribution in [2.75, 3.05) is 0 Å². The maximum Gasteiger partial charge on any atom is 0.313 e. The minimum Gasteiger partial charge on any atom is -0.481 e. The molecule has 0 aromatic rings. The molecule has 0 bridgehead atoms. The van der Waals surface area contributed by atoms with Crippen molar-refractivity contribution in [2.24, 2.45) is 11.3 Å². The lowest BCUT2D eigenvalue weighted by Gasteiger charge is -2.30. The summed E-state index contributed by atoms with van der Waals surface area (Å²) in [4.78, 5) is 10.8. The SMILES string of the molecule is C=C(C)[C@@H](C(=O)O)[C@@H](O)C(C)(C)C. The molecule has 0 heterocycles. The fourth-order valence-corrected chi connectivity index (χ4v) is 1.12. The van der Waals surface area contributed by atoms with Gasteiger partial charge in [0.2, 0.25) is 0 Å². The quantitative estimate of drug-likeness (QED) is 0.659. The van der Waals surface area contributed by atoms with Gasteiger partial charge in [-0.1, -0.05) is 32.9 Å². The molecule has 3 heteroatoms. The summed E-state index contributed by atoms with van der Waals surface area (Å²) >= 11 is 0. The first kappa shape index (κ1) is 12.2. The summed E-state index contributed by atoms with van der Waals surface area (Å²) in [7, 11) is 0. The highest BCUT2D eigenvalue weighted by molar-refractivity contribution is 5.74. The van der Waals surface area contributed by atoms with Crippen LogP contribution in [0.5, 0.6) is 0 Å². The lowest BCUT2D eigenvalue weighted by atomic mass is 9.79. The number of hydrogen-bond acceptors (Lipinski definition) is 2. The van der Waals surface area contributed by atoms with Gasteiger partial charge in [0.15, 0.2) is 0 Å². The molecule has 0 aliphatic rings. The average molecular weight is 186 g/mol. The summed E-state index contributed by atoms with van der Waals surface area (Å²) in [6.45, 7) is 10.6. The average Bonchev–Trinajstić information content (AvgIpc) is 1.82. The van der Waals surface area contributed by atoms with Crippen molar-refractivity contribution in [2.45, 2.75) is 33.8 Å². The molecular formula is C10H18O3. The fourth-order valence-electron chi connectivity index (χ4n) is 1.12. The Hall–Kier alpha value is -0.830. The molecule has 0 aromatic carbocycles. The molecule has 3 nitrogen and oxygen atoms in total. The first-order valence-electron chi connectivity index (χ1n) is 4.24. The third-order valence-corrected chi connectivity index (χ3v) is 2.00. The number of aliphatic carboxylic acids is 1. The van der Waals surface area contributed by atoms with Crippen molar-refractivity contribution >= 4 is 5.97 Å². The van der Waals surface area contributed by atoms with Gasteiger partial charge in [-0.05, 0) is 12.3 Å². The van der Waals surface area contributed by atoms with E-state index in [4.69, 9.17) is 5.11 Å². The van der Waals surface area contributed by atoms with E-state index >= 15 is 0 Å². The van der Waals surface area contributed by atoms with Crippen molar-refractivity contribution in [3.05, 3.63) is 12.2 Å². The van der Waals surface area contributed by atoms with Crippen LogP contribution in [0.2, 0.25) is 0 Å². The van der Waals surface area contributed by atoms with E-state index in [-0.39, 0.29) is 0 Å². The Bertz CT molecular complexity index is 199. The molecular weight excluding hydrogens is 168 g/mol. The highest BCUT2D eigenvalue weighted by atomic mass is 16.4. The lowest BCUT2D eigenvalue weighted by molar-refractivity contribution is -0.146. The van der Waals surface area contributed by atoms with Gasteiger partial charge in [0, 0.05) is 0 Å². The van der Waals surface area contributed by atoms with Crippen LogP contribution in [0, 0.1) is 11.3 Å². The number of aliphatic hydroxyl groups is 1.